The van der Waals surface area contributed by atoms with Crippen molar-refractivity contribution < 1.29 is 9.59 Å². The van der Waals surface area contributed by atoms with Gasteiger partial charge in [0.2, 0.25) is 5.91 Å². The fourth-order valence-electron chi connectivity index (χ4n) is 3.48. The Balaban J connectivity index is 1.65. The Kier molecular flexibility index (Phi) is 6.26. The van der Waals surface area contributed by atoms with Crippen LogP contribution >= 0.6 is 15.9 Å². The highest BCUT2D eigenvalue weighted by Gasteiger charge is 2.32. The number of carbonyl (C=O) groups excluding carboxylic acids is 2. The molecule has 0 bridgehead atoms. The lowest BCUT2D eigenvalue weighted by atomic mass is 9.94. The van der Waals surface area contributed by atoms with E-state index in [-0.39, 0.29) is 23.8 Å². The van der Waals surface area contributed by atoms with Crippen molar-refractivity contribution in [3.05, 3.63) is 58.8 Å². The maximum Gasteiger partial charge on any atom is 0.253 e. The van der Waals surface area contributed by atoms with Gasteiger partial charge in [-0.25, -0.2) is 0 Å². The topological polar surface area (TPSA) is 53.5 Å². The number of hydrogen-bond acceptors (Lipinski definition) is 3. The van der Waals surface area contributed by atoms with E-state index in [1.54, 1.807) is 12.4 Å². The number of nitrogens with zero attached hydrogens (tertiary/aromatic N) is 3. The molecule has 5 nitrogen and oxygen atoms in total. The predicted octanol–water partition coefficient (Wildman–Crippen LogP) is 4.14. The molecule has 2 aromatic rings. The molecule has 2 heterocycles. The van der Waals surface area contributed by atoms with Crippen molar-refractivity contribution >= 4 is 33.4 Å². The van der Waals surface area contributed by atoms with Crippen molar-refractivity contribution in [2.24, 2.45) is 5.92 Å². The summed E-state index contributed by atoms with van der Waals surface area (Å²) < 4.78 is 0.951. The summed E-state index contributed by atoms with van der Waals surface area (Å²) in [4.78, 5) is 33.6. The lowest BCUT2D eigenvalue weighted by Crippen LogP contribution is -2.46. The Morgan fingerprint density at radius 2 is 1.81 bits per heavy atom. The molecule has 0 aliphatic carbocycles. The molecule has 1 aliphatic heterocycles. The van der Waals surface area contributed by atoms with E-state index >= 15 is 0 Å². The zero-order valence-corrected chi connectivity index (χ0v) is 17.2. The van der Waals surface area contributed by atoms with Crippen LogP contribution in [0.25, 0.3) is 0 Å². The first-order chi connectivity index (χ1) is 13.0. The van der Waals surface area contributed by atoms with Crippen LogP contribution in [0.5, 0.6) is 0 Å². The van der Waals surface area contributed by atoms with Crippen LogP contribution in [-0.2, 0) is 4.79 Å². The SMILES string of the molecule is CC(C)N(C(=O)C1CCN(C(=O)c2ccc(Br)cc2)CC1)c1cccnc1. The van der Waals surface area contributed by atoms with E-state index in [2.05, 4.69) is 20.9 Å². The van der Waals surface area contributed by atoms with Gasteiger partial charge in [0.1, 0.15) is 0 Å². The van der Waals surface area contributed by atoms with Gasteiger partial charge in [-0.1, -0.05) is 15.9 Å². The number of carbonyl (C=O) groups is 2. The Morgan fingerprint density at radius 1 is 1.15 bits per heavy atom. The number of anilines is 1. The second kappa shape index (κ2) is 8.65. The summed E-state index contributed by atoms with van der Waals surface area (Å²) in [6.45, 7) is 5.22. The highest BCUT2D eigenvalue weighted by atomic mass is 79.9. The molecule has 1 aromatic carbocycles. The molecule has 0 spiro atoms. The fraction of sp³-hybridized carbons (Fsp3) is 0.381. The third-order valence-corrected chi connectivity index (χ3v) is 5.43. The summed E-state index contributed by atoms with van der Waals surface area (Å²) >= 11 is 3.39. The molecule has 0 saturated carbocycles. The number of halogens is 1. The number of aromatic nitrogens is 1. The van der Waals surface area contributed by atoms with Crippen molar-refractivity contribution in [3.8, 4) is 0 Å². The predicted molar refractivity (Wildman–Crippen MR) is 110 cm³/mol. The molecular weight excluding hydrogens is 406 g/mol. The molecule has 0 atom stereocenters. The number of piperidine rings is 1. The van der Waals surface area contributed by atoms with Crippen LogP contribution in [0.4, 0.5) is 5.69 Å². The van der Waals surface area contributed by atoms with Crippen LogP contribution in [-0.4, -0.2) is 40.8 Å². The van der Waals surface area contributed by atoms with Gasteiger partial charge in [-0.3, -0.25) is 14.6 Å². The summed E-state index contributed by atoms with van der Waals surface area (Å²) in [7, 11) is 0. The van der Waals surface area contributed by atoms with Crippen LogP contribution in [0, 0.1) is 5.92 Å². The maximum atomic E-state index is 13.1. The van der Waals surface area contributed by atoms with Crippen molar-refractivity contribution in [2.75, 3.05) is 18.0 Å². The minimum atomic E-state index is -0.0680. The number of likely N-dealkylation sites (tertiary alicyclic amines) is 1. The Morgan fingerprint density at radius 3 is 2.37 bits per heavy atom. The third-order valence-electron chi connectivity index (χ3n) is 4.90. The molecule has 0 N–H and O–H groups in total. The summed E-state index contributed by atoms with van der Waals surface area (Å²) in [5.74, 6) is 0.0803. The minimum absolute atomic E-state index is 0.0291. The minimum Gasteiger partial charge on any atom is -0.339 e. The zero-order chi connectivity index (χ0) is 19.4. The number of benzene rings is 1. The summed E-state index contributed by atoms with van der Waals surface area (Å²) in [5.41, 5.74) is 1.51. The van der Waals surface area contributed by atoms with Crippen molar-refractivity contribution in [3.63, 3.8) is 0 Å². The highest BCUT2D eigenvalue weighted by Crippen LogP contribution is 2.25. The van der Waals surface area contributed by atoms with E-state index in [1.165, 1.54) is 0 Å². The van der Waals surface area contributed by atoms with Gasteiger partial charge < -0.3 is 9.80 Å². The van der Waals surface area contributed by atoms with Crippen molar-refractivity contribution in [1.82, 2.24) is 9.88 Å². The van der Waals surface area contributed by atoms with E-state index in [9.17, 15) is 9.59 Å². The quantitative estimate of drug-likeness (QED) is 0.733. The molecule has 0 unspecified atom stereocenters. The third kappa shape index (κ3) is 4.56. The first kappa shape index (κ1) is 19.5. The number of hydrogen-bond donors (Lipinski definition) is 0. The maximum absolute atomic E-state index is 13.1. The Bertz CT molecular complexity index is 785. The molecule has 0 radical (unpaired) electrons. The van der Waals surface area contributed by atoms with E-state index < -0.39 is 0 Å². The summed E-state index contributed by atoms with van der Waals surface area (Å²) in [6.07, 6.45) is 4.80. The molecule has 6 heteroatoms. The number of amides is 2. The number of rotatable bonds is 4. The van der Waals surface area contributed by atoms with Crippen LogP contribution in [0.1, 0.15) is 37.0 Å². The van der Waals surface area contributed by atoms with Crippen LogP contribution in [0.2, 0.25) is 0 Å². The smallest absolute Gasteiger partial charge is 0.253 e. The molecule has 142 valence electrons. The first-order valence-electron chi connectivity index (χ1n) is 9.25. The van der Waals surface area contributed by atoms with Gasteiger partial charge in [0.05, 0.1) is 11.9 Å². The highest BCUT2D eigenvalue weighted by molar-refractivity contribution is 9.10. The molecule has 2 amide bonds. The summed E-state index contributed by atoms with van der Waals surface area (Å²) in [6, 6.07) is 11.2. The van der Waals surface area contributed by atoms with E-state index in [0.717, 1.165) is 10.2 Å². The van der Waals surface area contributed by atoms with Gasteiger partial charge in [-0.15, -0.1) is 0 Å². The monoisotopic (exact) mass is 429 g/mol. The molecule has 1 fully saturated rings. The van der Waals surface area contributed by atoms with Crippen molar-refractivity contribution in [1.29, 1.82) is 0 Å². The molecule has 1 aromatic heterocycles. The van der Waals surface area contributed by atoms with E-state index in [1.807, 2.05) is 60.0 Å². The lowest BCUT2D eigenvalue weighted by Gasteiger charge is -2.35. The second-order valence-corrected chi connectivity index (χ2v) is 8.00. The fourth-order valence-corrected chi connectivity index (χ4v) is 3.74. The molecule has 3 rings (SSSR count). The van der Waals surface area contributed by atoms with Gasteiger partial charge in [0.25, 0.3) is 5.91 Å². The molecule has 1 saturated heterocycles. The second-order valence-electron chi connectivity index (χ2n) is 7.09. The Hall–Kier alpha value is -2.21. The molecule has 27 heavy (non-hydrogen) atoms. The largest absolute Gasteiger partial charge is 0.339 e. The van der Waals surface area contributed by atoms with Gasteiger partial charge in [0.15, 0.2) is 0 Å². The average Bonchev–Trinajstić information content (AvgIpc) is 2.69. The van der Waals surface area contributed by atoms with Crippen molar-refractivity contribution in [2.45, 2.75) is 32.7 Å². The van der Waals surface area contributed by atoms with E-state index in [0.29, 0.717) is 31.5 Å². The normalized spacial score (nSPS) is 15.0. The summed E-state index contributed by atoms with van der Waals surface area (Å²) in [5, 5.41) is 0. The van der Waals surface area contributed by atoms with E-state index in [4.69, 9.17) is 0 Å². The lowest BCUT2D eigenvalue weighted by molar-refractivity contribution is -0.124. The van der Waals surface area contributed by atoms with Gasteiger partial charge in [-0.05, 0) is 63.1 Å². The Labute approximate surface area is 168 Å². The molecule has 1 aliphatic rings. The number of pyridine rings is 1. The van der Waals surface area contributed by atoms with Crippen LogP contribution < -0.4 is 4.90 Å². The van der Waals surface area contributed by atoms with Crippen LogP contribution in [0.3, 0.4) is 0 Å². The standard InChI is InChI=1S/C21H24BrN3O2/c1-15(2)25(19-4-3-11-23-14-19)21(27)17-9-12-24(13-10-17)20(26)16-5-7-18(22)8-6-16/h3-8,11,14-15,17H,9-10,12-13H2,1-2H3. The first-order valence-corrected chi connectivity index (χ1v) is 10.0. The van der Waals surface area contributed by atoms with Gasteiger partial charge in [-0.2, -0.15) is 0 Å². The van der Waals surface area contributed by atoms with Gasteiger partial charge in [0, 0.05) is 41.3 Å². The average molecular weight is 430 g/mol. The molecular formula is C21H24BrN3O2. The van der Waals surface area contributed by atoms with Crippen LogP contribution in [0.15, 0.2) is 53.3 Å². The zero-order valence-electron chi connectivity index (χ0n) is 15.6. The van der Waals surface area contributed by atoms with Gasteiger partial charge >= 0.3 is 0 Å².